The first-order chi connectivity index (χ1) is 9.08. The molecule has 0 amide bonds. The Morgan fingerprint density at radius 2 is 2.16 bits per heavy atom. The van der Waals surface area contributed by atoms with Crippen molar-refractivity contribution in [2.45, 2.75) is 39.3 Å². The molecule has 2 rings (SSSR count). The summed E-state index contributed by atoms with van der Waals surface area (Å²) in [4.78, 5) is 0. The van der Waals surface area contributed by atoms with E-state index in [-0.39, 0.29) is 0 Å². The third kappa shape index (κ3) is 2.67. The van der Waals surface area contributed by atoms with Crippen LogP contribution >= 0.6 is 11.6 Å². The lowest BCUT2D eigenvalue weighted by Gasteiger charge is -2.14. The molecule has 6 heteroatoms. The Balaban J connectivity index is 2.40. The summed E-state index contributed by atoms with van der Waals surface area (Å²) >= 11 is 6.15. The van der Waals surface area contributed by atoms with Gasteiger partial charge in [0, 0.05) is 13.6 Å². The fourth-order valence-electron chi connectivity index (χ4n) is 2.15. The summed E-state index contributed by atoms with van der Waals surface area (Å²) in [7, 11) is 1.83. The Kier molecular flexibility index (Phi) is 4.27. The van der Waals surface area contributed by atoms with Crippen molar-refractivity contribution in [3.8, 4) is 0 Å². The fraction of sp³-hybridized carbons (Fsp3) is 0.538. The van der Waals surface area contributed by atoms with Crippen LogP contribution in [0.1, 0.15) is 43.5 Å². The third-order valence-electron chi connectivity index (χ3n) is 3.14. The molecule has 0 aliphatic rings. The molecule has 0 aliphatic heterocycles. The van der Waals surface area contributed by atoms with Gasteiger partial charge in [0.15, 0.2) is 0 Å². The average molecular weight is 283 g/mol. The highest BCUT2D eigenvalue weighted by Crippen LogP contribution is 2.28. The normalized spacial score (nSPS) is 12.9. The maximum Gasteiger partial charge on any atom is 0.139 e. The van der Waals surface area contributed by atoms with E-state index in [1.807, 2.05) is 20.0 Å². The van der Waals surface area contributed by atoms with E-state index in [1.165, 1.54) is 0 Å². The highest BCUT2D eigenvalue weighted by atomic mass is 35.5. The van der Waals surface area contributed by atoms with Crippen LogP contribution in [-0.2, 0) is 20.0 Å². The Morgan fingerprint density at radius 3 is 2.74 bits per heavy atom. The molecular weight excluding hydrogens is 264 g/mol. The summed E-state index contributed by atoms with van der Waals surface area (Å²) in [6.45, 7) is 4.83. The van der Waals surface area contributed by atoms with Crippen LogP contribution in [-0.4, -0.2) is 24.7 Å². The molecule has 0 bridgehead atoms. The monoisotopic (exact) mass is 282 g/mol. The third-order valence-corrected chi connectivity index (χ3v) is 3.43. The summed E-state index contributed by atoms with van der Waals surface area (Å²) in [5.74, 6) is 0. The van der Waals surface area contributed by atoms with Crippen molar-refractivity contribution in [1.29, 1.82) is 0 Å². The highest BCUT2D eigenvalue weighted by Gasteiger charge is 2.22. The van der Waals surface area contributed by atoms with Gasteiger partial charge in [0.25, 0.3) is 0 Å². The number of halogens is 1. The SMILES string of the molecule is CCCn1ncc(Cl)c1C(O)c1cc(CC)nn1C. The van der Waals surface area contributed by atoms with Crippen molar-refractivity contribution < 1.29 is 5.11 Å². The lowest BCUT2D eigenvalue weighted by molar-refractivity contribution is 0.197. The van der Waals surface area contributed by atoms with E-state index in [0.29, 0.717) is 10.7 Å². The van der Waals surface area contributed by atoms with E-state index < -0.39 is 6.10 Å². The molecule has 0 aliphatic carbocycles. The molecule has 0 radical (unpaired) electrons. The van der Waals surface area contributed by atoms with Crippen molar-refractivity contribution >= 4 is 11.6 Å². The van der Waals surface area contributed by atoms with Gasteiger partial charge in [0.2, 0.25) is 0 Å². The van der Waals surface area contributed by atoms with Crippen LogP contribution in [0, 0.1) is 0 Å². The van der Waals surface area contributed by atoms with Gasteiger partial charge in [-0.05, 0) is 18.9 Å². The number of aliphatic hydroxyl groups excluding tert-OH is 1. The average Bonchev–Trinajstić information content (AvgIpc) is 2.93. The van der Waals surface area contributed by atoms with Gasteiger partial charge in [-0.1, -0.05) is 25.4 Å². The van der Waals surface area contributed by atoms with E-state index in [1.54, 1.807) is 15.6 Å². The zero-order chi connectivity index (χ0) is 14.0. The van der Waals surface area contributed by atoms with E-state index >= 15 is 0 Å². The second kappa shape index (κ2) is 5.75. The summed E-state index contributed by atoms with van der Waals surface area (Å²) < 4.78 is 3.45. The van der Waals surface area contributed by atoms with Gasteiger partial charge in [-0.25, -0.2) is 0 Å². The Bertz CT molecular complexity index is 561. The molecule has 2 aromatic heterocycles. The van der Waals surface area contributed by atoms with Crippen molar-refractivity contribution in [2.24, 2.45) is 7.05 Å². The van der Waals surface area contributed by atoms with Crippen LogP contribution in [0.3, 0.4) is 0 Å². The maximum absolute atomic E-state index is 10.6. The number of aryl methyl sites for hydroxylation is 3. The zero-order valence-corrected chi connectivity index (χ0v) is 12.2. The predicted octanol–water partition coefficient (Wildman–Crippen LogP) is 2.32. The van der Waals surface area contributed by atoms with Crippen LogP contribution < -0.4 is 0 Å². The van der Waals surface area contributed by atoms with E-state index in [9.17, 15) is 5.11 Å². The minimum atomic E-state index is -0.806. The van der Waals surface area contributed by atoms with Crippen molar-refractivity contribution in [3.63, 3.8) is 0 Å². The van der Waals surface area contributed by atoms with Gasteiger partial charge < -0.3 is 5.11 Å². The highest BCUT2D eigenvalue weighted by molar-refractivity contribution is 6.31. The Labute approximate surface area is 117 Å². The molecule has 5 nitrogen and oxygen atoms in total. The predicted molar refractivity (Wildman–Crippen MR) is 74.2 cm³/mol. The molecule has 0 fully saturated rings. The number of hydrogen-bond donors (Lipinski definition) is 1. The van der Waals surface area contributed by atoms with E-state index in [2.05, 4.69) is 17.1 Å². The second-order valence-electron chi connectivity index (χ2n) is 4.54. The van der Waals surface area contributed by atoms with Crippen LogP contribution in [0.4, 0.5) is 0 Å². The summed E-state index contributed by atoms with van der Waals surface area (Å²) in [6.07, 6.45) is 2.54. The molecule has 2 heterocycles. The molecule has 0 saturated carbocycles. The van der Waals surface area contributed by atoms with Crippen LogP contribution in [0.2, 0.25) is 5.02 Å². The van der Waals surface area contributed by atoms with E-state index in [4.69, 9.17) is 11.6 Å². The van der Waals surface area contributed by atoms with Crippen molar-refractivity contribution in [1.82, 2.24) is 19.6 Å². The Hall–Kier alpha value is -1.33. The van der Waals surface area contributed by atoms with Gasteiger partial charge in [0.05, 0.1) is 28.3 Å². The molecule has 1 unspecified atom stereocenters. The number of hydrogen-bond acceptors (Lipinski definition) is 3. The summed E-state index contributed by atoms with van der Waals surface area (Å²) in [6, 6.07) is 1.91. The largest absolute Gasteiger partial charge is 0.380 e. The zero-order valence-electron chi connectivity index (χ0n) is 11.5. The fourth-order valence-corrected chi connectivity index (χ4v) is 2.39. The molecule has 1 atom stereocenters. The molecule has 0 saturated heterocycles. The van der Waals surface area contributed by atoms with Gasteiger partial charge in [-0.2, -0.15) is 10.2 Å². The van der Waals surface area contributed by atoms with Crippen LogP contribution in [0.15, 0.2) is 12.3 Å². The van der Waals surface area contributed by atoms with Crippen LogP contribution in [0.5, 0.6) is 0 Å². The first-order valence-electron chi connectivity index (χ1n) is 6.50. The molecule has 1 N–H and O–H groups in total. The second-order valence-corrected chi connectivity index (χ2v) is 4.95. The first kappa shape index (κ1) is 14.1. The number of rotatable bonds is 5. The molecule has 0 aromatic carbocycles. The smallest absolute Gasteiger partial charge is 0.139 e. The molecule has 19 heavy (non-hydrogen) atoms. The minimum absolute atomic E-state index is 0.486. The number of aromatic nitrogens is 4. The molecule has 2 aromatic rings. The van der Waals surface area contributed by atoms with Crippen LogP contribution in [0.25, 0.3) is 0 Å². The lowest BCUT2D eigenvalue weighted by atomic mass is 10.1. The Morgan fingerprint density at radius 1 is 1.42 bits per heavy atom. The van der Waals surface area contributed by atoms with Crippen molar-refractivity contribution in [3.05, 3.63) is 34.4 Å². The van der Waals surface area contributed by atoms with Gasteiger partial charge in [0.1, 0.15) is 6.10 Å². The van der Waals surface area contributed by atoms with Gasteiger partial charge in [-0.15, -0.1) is 0 Å². The number of aliphatic hydroxyl groups is 1. The lowest BCUT2D eigenvalue weighted by Crippen LogP contribution is -2.13. The van der Waals surface area contributed by atoms with Crippen molar-refractivity contribution in [2.75, 3.05) is 0 Å². The minimum Gasteiger partial charge on any atom is -0.380 e. The molecular formula is C13H19ClN4O. The standard InChI is InChI=1S/C13H19ClN4O/c1-4-6-18-12(10(14)8-15-18)13(19)11-7-9(5-2)16-17(11)3/h7-8,13,19H,4-6H2,1-3H3. The van der Waals surface area contributed by atoms with E-state index in [0.717, 1.165) is 30.8 Å². The van der Waals surface area contributed by atoms with Gasteiger partial charge in [-0.3, -0.25) is 9.36 Å². The van der Waals surface area contributed by atoms with Gasteiger partial charge >= 0.3 is 0 Å². The summed E-state index contributed by atoms with van der Waals surface area (Å²) in [5.41, 5.74) is 2.32. The molecule has 104 valence electrons. The summed E-state index contributed by atoms with van der Waals surface area (Å²) in [5, 5.41) is 19.6. The molecule has 0 spiro atoms. The first-order valence-corrected chi connectivity index (χ1v) is 6.88. The quantitative estimate of drug-likeness (QED) is 0.916. The number of nitrogens with zero attached hydrogens (tertiary/aromatic N) is 4. The maximum atomic E-state index is 10.6. The topological polar surface area (TPSA) is 55.9 Å².